The van der Waals surface area contributed by atoms with Gasteiger partial charge in [0.2, 0.25) is 0 Å². The molecule has 0 saturated carbocycles. The first-order valence-electron chi connectivity index (χ1n) is 8.20. The summed E-state index contributed by atoms with van der Waals surface area (Å²) in [5.74, 6) is -0.432. The van der Waals surface area contributed by atoms with E-state index < -0.39 is 0 Å². The molecule has 9 nitrogen and oxygen atoms in total. The van der Waals surface area contributed by atoms with Crippen molar-refractivity contribution < 1.29 is 9.59 Å². The molecule has 2 aromatic rings. The van der Waals surface area contributed by atoms with Crippen molar-refractivity contribution in [2.24, 2.45) is 0 Å². The highest BCUT2D eigenvalue weighted by molar-refractivity contribution is 5.95. The number of aromatic nitrogens is 5. The average Bonchev–Trinajstić information content (AvgIpc) is 2.99. The molecule has 1 aliphatic heterocycles. The van der Waals surface area contributed by atoms with Crippen LogP contribution in [0, 0.1) is 13.8 Å². The maximum Gasteiger partial charge on any atom is 0.274 e. The Morgan fingerprint density at radius 1 is 1.28 bits per heavy atom. The van der Waals surface area contributed by atoms with E-state index >= 15 is 0 Å². The lowest BCUT2D eigenvalue weighted by molar-refractivity contribution is 0.0639. The first kappa shape index (κ1) is 17.0. The van der Waals surface area contributed by atoms with Crippen molar-refractivity contribution >= 4 is 11.8 Å². The van der Waals surface area contributed by atoms with Gasteiger partial charge in [-0.2, -0.15) is 0 Å². The molecule has 9 heteroatoms. The molecule has 0 bridgehead atoms. The van der Waals surface area contributed by atoms with Gasteiger partial charge in [0.05, 0.1) is 13.1 Å². The second kappa shape index (κ2) is 6.58. The van der Waals surface area contributed by atoms with Gasteiger partial charge >= 0.3 is 0 Å². The van der Waals surface area contributed by atoms with Gasteiger partial charge < -0.3 is 10.2 Å². The van der Waals surface area contributed by atoms with Gasteiger partial charge in [-0.15, -0.1) is 5.10 Å². The molecule has 0 fully saturated rings. The van der Waals surface area contributed by atoms with E-state index in [2.05, 4.69) is 25.6 Å². The fraction of sp³-hybridized carbons (Fsp3) is 0.500. The Balaban J connectivity index is 1.77. The number of nitrogens with zero attached hydrogens (tertiary/aromatic N) is 6. The summed E-state index contributed by atoms with van der Waals surface area (Å²) in [4.78, 5) is 34.9. The van der Waals surface area contributed by atoms with Crippen molar-refractivity contribution in [1.82, 2.24) is 35.2 Å². The van der Waals surface area contributed by atoms with Crippen molar-refractivity contribution in [3.63, 3.8) is 0 Å². The van der Waals surface area contributed by atoms with E-state index in [9.17, 15) is 9.59 Å². The van der Waals surface area contributed by atoms with Crippen LogP contribution in [0.5, 0.6) is 0 Å². The number of nitrogens with one attached hydrogen (secondary N) is 1. The third-order valence-electron chi connectivity index (χ3n) is 4.41. The first-order chi connectivity index (χ1) is 11.9. The number of carbonyl (C=O) groups is 2. The van der Waals surface area contributed by atoms with E-state index in [1.807, 2.05) is 20.8 Å². The molecule has 1 aliphatic rings. The summed E-state index contributed by atoms with van der Waals surface area (Å²) >= 11 is 0. The van der Waals surface area contributed by atoms with Crippen LogP contribution in [0.25, 0.3) is 0 Å². The molecular formula is C16H21N7O2. The van der Waals surface area contributed by atoms with E-state index in [1.165, 1.54) is 6.33 Å². The second-order valence-electron chi connectivity index (χ2n) is 6.32. The van der Waals surface area contributed by atoms with E-state index in [-0.39, 0.29) is 24.4 Å². The Labute approximate surface area is 145 Å². The normalized spacial score (nSPS) is 14.0. The van der Waals surface area contributed by atoms with E-state index in [0.717, 1.165) is 11.3 Å². The zero-order chi connectivity index (χ0) is 18.1. The quantitative estimate of drug-likeness (QED) is 0.865. The highest BCUT2D eigenvalue weighted by Crippen LogP contribution is 2.17. The van der Waals surface area contributed by atoms with Gasteiger partial charge in [0.1, 0.15) is 17.7 Å². The monoisotopic (exact) mass is 343 g/mol. The van der Waals surface area contributed by atoms with Crippen LogP contribution in [0.4, 0.5) is 0 Å². The smallest absolute Gasteiger partial charge is 0.274 e. The molecule has 0 radical (unpaired) electrons. The van der Waals surface area contributed by atoms with Crippen LogP contribution in [-0.4, -0.2) is 54.3 Å². The van der Waals surface area contributed by atoms with E-state index in [4.69, 9.17) is 0 Å². The molecule has 0 aliphatic carbocycles. The molecule has 3 heterocycles. The molecule has 2 amide bonds. The summed E-state index contributed by atoms with van der Waals surface area (Å²) in [6, 6.07) is 0.102. The fourth-order valence-electron chi connectivity index (χ4n) is 2.81. The van der Waals surface area contributed by atoms with Gasteiger partial charge in [0.25, 0.3) is 11.8 Å². The molecule has 0 unspecified atom stereocenters. The zero-order valence-corrected chi connectivity index (χ0v) is 14.8. The summed E-state index contributed by atoms with van der Waals surface area (Å²) in [6.07, 6.45) is 1.36. The lowest BCUT2D eigenvalue weighted by atomic mass is 10.1. The molecule has 2 aromatic heterocycles. The number of aryl methyl sites for hydroxylation is 1. The molecule has 0 saturated heterocycles. The Kier molecular flexibility index (Phi) is 4.47. The molecule has 0 aromatic carbocycles. The molecule has 25 heavy (non-hydrogen) atoms. The van der Waals surface area contributed by atoms with Gasteiger partial charge in [0, 0.05) is 23.8 Å². The lowest BCUT2D eigenvalue weighted by Gasteiger charge is -2.30. The van der Waals surface area contributed by atoms with Crippen LogP contribution in [-0.2, 0) is 13.1 Å². The van der Waals surface area contributed by atoms with Gasteiger partial charge in [-0.3, -0.25) is 9.59 Å². The number of fused-ring (bicyclic) bond motifs is 1. The van der Waals surface area contributed by atoms with Gasteiger partial charge in [-0.25, -0.2) is 14.6 Å². The summed E-state index contributed by atoms with van der Waals surface area (Å²) in [5.41, 5.74) is 2.71. The van der Waals surface area contributed by atoms with Crippen LogP contribution in [0.15, 0.2) is 6.33 Å². The number of amides is 2. The summed E-state index contributed by atoms with van der Waals surface area (Å²) in [7, 11) is 0. The predicted molar refractivity (Wildman–Crippen MR) is 88.9 cm³/mol. The average molecular weight is 343 g/mol. The van der Waals surface area contributed by atoms with E-state index in [0.29, 0.717) is 30.2 Å². The maximum atomic E-state index is 12.6. The third-order valence-corrected chi connectivity index (χ3v) is 4.41. The van der Waals surface area contributed by atoms with Crippen molar-refractivity contribution in [1.29, 1.82) is 0 Å². The van der Waals surface area contributed by atoms with Gasteiger partial charge in [-0.1, -0.05) is 5.21 Å². The summed E-state index contributed by atoms with van der Waals surface area (Å²) < 4.78 is 1.60. The number of hydrogen-bond donors (Lipinski definition) is 1. The Hall–Kier alpha value is -2.84. The largest absolute Gasteiger partial charge is 0.345 e. The maximum absolute atomic E-state index is 12.6. The topological polar surface area (TPSA) is 106 Å². The minimum absolute atomic E-state index is 0.102. The summed E-state index contributed by atoms with van der Waals surface area (Å²) in [5, 5.41) is 10.9. The Morgan fingerprint density at radius 3 is 2.76 bits per heavy atom. The first-order valence-corrected chi connectivity index (χ1v) is 8.20. The predicted octanol–water partition coefficient (Wildman–Crippen LogP) is 0.479. The Bertz CT molecular complexity index is 828. The standard InChI is InChI=1S/C16H21N7O2/c1-9(2)22-5-6-23-14(16(22)25)12(20-21-23)7-17-15(24)13-10(3)11(4)18-8-19-13/h8-9H,5-7H2,1-4H3,(H,17,24). The van der Waals surface area contributed by atoms with Gasteiger partial charge in [0.15, 0.2) is 5.69 Å². The second-order valence-corrected chi connectivity index (χ2v) is 6.32. The zero-order valence-electron chi connectivity index (χ0n) is 14.8. The summed E-state index contributed by atoms with van der Waals surface area (Å²) in [6.45, 7) is 8.89. The van der Waals surface area contributed by atoms with Gasteiger partial charge in [-0.05, 0) is 27.7 Å². The Morgan fingerprint density at radius 2 is 2.04 bits per heavy atom. The molecule has 3 rings (SSSR count). The lowest BCUT2D eigenvalue weighted by Crippen LogP contribution is -2.45. The van der Waals surface area contributed by atoms with Crippen molar-refractivity contribution in [3.8, 4) is 0 Å². The molecular weight excluding hydrogens is 322 g/mol. The minimum Gasteiger partial charge on any atom is -0.345 e. The molecule has 0 spiro atoms. The van der Waals surface area contributed by atoms with Crippen molar-refractivity contribution in [2.45, 2.75) is 46.8 Å². The van der Waals surface area contributed by atoms with E-state index in [1.54, 1.807) is 16.5 Å². The van der Waals surface area contributed by atoms with Crippen LogP contribution in [0.1, 0.15) is 51.8 Å². The number of rotatable bonds is 4. The highest BCUT2D eigenvalue weighted by atomic mass is 16.2. The minimum atomic E-state index is -0.325. The fourth-order valence-corrected chi connectivity index (χ4v) is 2.81. The molecule has 1 N–H and O–H groups in total. The van der Waals surface area contributed by atoms with Crippen LogP contribution in [0.2, 0.25) is 0 Å². The van der Waals surface area contributed by atoms with Crippen molar-refractivity contribution in [3.05, 3.63) is 34.7 Å². The van der Waals surface area contributed by atoms with Crippen LogP contribution >= 0.6 is 0 Å². The number of carbonyl (C=O) groups excluding carboxylic acids is 2. The highest BCUT2D eigenvalue weighted by Gasteiger charge is 2.31. The van der Waals surface area contributed by atoms with Crippen LogP contribution < -0.4 is 5.32 Å². The molecule has 132 valence electrons. The van der Waals surface area contributed by atoms with Crippen LogP contribution in [0.3, 0.4) is 0 Å². The third kappa shape index (κ3) is 3.09. The molecule has 0 atom stereocenters. The van der Waals surface area contributed by atoms with Crippen molar-refractivity contribution in [2.75, 3.05) is 6.54 Å². The SMILES string of the molecule is Cc1ncnc(C(=O)NCc2nnn3c2C(=O)N(C(C)C)CC3)c1C. The number of hydrogen-bond acceptors (Lipinski definition) is 6.